The molecule has 1 aliphatic heterocycles. The molecule has 1 heterocycles. The normalized spacial score (nSPS) is 21.0. The van der Waals surface area contributed by atoms with Crippen molar-refractivity contribution in [3.63, 3.8) is 0 Å². The number of esters is 1. The van der Waals surface area contributed by atoms with Gasteiger partial charge in [-0.3, -0.25) is 4.79 Å². The van der Waals surface area contributed by atoms with Gasteiger partial charge in [-0.1, -0.05) is 30.3 Å². The molecule has 0 N–H and O–H groups in total. The maximum absolute atomic E-state index is 11.3. The molecule has 1 atom stereocenters. The van der Waals surface area contributed by atoms with E-state index in [9.17, 15) is 9.59 Å². The van der Waals surface area contributed by atoms with Gasteiger partial charge in [-0.05, 0) is 0 Å². The highest BCUT2D eigenvalue weighted by Gasteiger charge is 2.27. The Balaban J connectivity index is 2.41. The van der Waals surface area contributed by atoms with Crippen molar-refractivity contribution in [3.8, 4) is 0 Å². The summed E-state index contributed by atoms with van der Waals surface area (Å²) in [5.41, 5.74) is 1.71. The second-order valence-corrected chi connectivity index (χ2v) is 4.43. The van der Waals surface area contributed by atoms with Crippen LogP contribution >= 0.6 is 0 Å². The zero-order valence-corrected chi connectivity index (χ0v) is 10.8. The highest BCUT2D eigenvalue weighted by Crippen LogP contribution is 2.31. The fourth-order valence-electron chi connectivity index (χ4n) is 2.15. The third kappa shape index (κ3) is 3.29. The molecule has 1 fully saturated rings. The van der Waals surface area contributed by atoms with Crippen LogP contribution in [0.15, 0.2) is 35.9 Å². The summed E-state index contributed by atoms with van der Waals surface area (Å²) in [6, 6.07) is 9.41. The Morgan fingerprint density at radius 1 is 1.42 bits per heavy atom. The zero-order chi connectivity index (χ0) is 13.7. The summed E-state index contributed by atoms with van der Waals surface area (Å²) >= 11 is 0. The molecule has 0 aromatic heterocycles. The summed E-state index contributed by atoms with van der Waals surface area (Å²) in [4.78, 5) is 22.0. The van der Waals surface area contributed by atoms with Gasteiger partial charge in [0.25, 0.3) is 0 Å². The number of ether oxygens (including phenoxy) is 2. The van der Waals surface area contributed by atoms with Gasteiger partial charge in [-0.25, -0.2) is 0 Å². The predicted molar refractivity (Wildman–Crippen MR) is 70.1 cm³/mol. The number of carbonyl (C=O) groups is 2. The van der Waals surface area contributed by atoms with Crippen LogP contribution in [0.1, 0.15) is 18.9 Å². The number of hydrogen-bond donors (Lipinski definition) is 0. The Labute approximate surface area is 112 Å². The molecule has 0 aliphatic carbocycles. The SMILES string of the molecule is CC(=O)O/C(=C1\COCC1CC=O)c1ccccc1. The molecule has 4 nitrogen and oxygen atoms in total. The molecule has 1 unspecified atom stereocenters. The lowest BCUT2D eigenvalue weighted by molar-refractivity contribution is -0.134. The van der Waals surface area contributed by atoms with E-state index in [-0.39, 0.29) is 11.9 Å². The molecule has 0 spiro atoms. The predicted octanol–water partition coefficient (Wildman–Crippen LogP) is 2.20. The van der Waals surface area contributed by atoms with Crippen LogP contribution in [-0.2, 0) is 19.1 Å². The monoisotopic (exact) mass is 260 g/mol. The standard InChI is InChI=1S/C15H16O4/c1-11(17)19-15(12-5-3-2-4-6-12)14-10-18-9-13(14)7-8-16/h2-6,8,13H,7,9-10H2,1H3/b15-14+. The number of hydrogen-bond acceptors (Lipinski definition) is 4. The van der Waals surface area contributed by atoms with Crippen molar-refractivity contribution in [2.45, 2.75) is 13.3 Å². The highest BCUT2D eigenvalue weighted by atomic mass is 16.5. The summed E-state index contributed by atoms with van der Waals surface area (Å²) in [6.07, 6.45) is 1.25. The lowest BCUT2D eigenvalue weighted by Gasteiger charge is -2.14. The summed E-state index contributed by atoms with van der Waals surface area (Å²) in [7, 11) is 0. The summed E-state index contributed by atoms with van der Waals surface area (Å²) in [5, 5.41) is 0. The molecule has 4 heteroatoms. The first-order chi connectivity index (χ1) is 9.22. The van der Waals surface area contributed by atoms with E-state index in [0.717, 1.165) is 17.4 Å². The fourth-order valence-corrected chi connectivity index (χ4v) is 2.15. The second kappa shape index (κ2) is 6.29. The van der Waals surface area contributed by atoms with Crippen LogP contribution in [0.4, 0.5) is 0 Å². The molecule has 1 aromatic carbocycles. The fraction of sp³-hybridized carbons (Fsp3) is 0.333. The Hall–Kier alpha value is -1.94. The van der Waals surface area contributed by atoms with E-state index >= 15 is 0 Å². The molecular weight excluding hydrogens is 244 g/mol. The van der Waals surface area contributed by atoms with E-state index in [4.69, 9.17) is 9.47 Å². The van der Waals surface area contributed by atoms with Crippen molar-refractivity contribution in [3.05, 3.63) is 41.5 Å². The van der Waals surface area contributed by atoms with Crippen LogP contribution < -0.4 is 0 Å². The first-order valence-corrected chi connectivity index (χ1v) is 6.20. The zero-order valence-electron chi connectivity index (χ0n) is 10.8. The molecule has 1 saturated heterocycles. The van der Waals surface area contributed by atoms with Gasteiger partial charge in [0.1, 0.15) is 12.0 Å². The van der Waals surface area contributed by atoms with Crippen LogP contribution in [0.25, 0.3) is 5.76 Å². The Bertz CT molecular complexity index is 490. The largest absolute Gasteiger partial charge is 0.426 e. The molecular formula is C15H16O4. The van der Waals surface area contributed by atoms with Crippen molar-refractivity contribution in [2.24, 2.45) is 5.92 Å². The summed E-state index contributed by atoms with van der Waals surface area (Å²) in [6.45, 7) is 2.26. The van der Waals surface area contributed by atoms with Crippen molar-refractivity contribution in [2.75, 3.05) is 13.2 Å². The number of rotatable bonds is 4. The van der Waals surface area contributed by atoms with Crippen molar-refractivity contribution < 1.29 is 19.1 Å². The van der Waals surface area contributed by atoms with Crippen LogP contribution in [0.3, 0.4) is 0 Å². The lowest BCUT2D eigenvalue weighted by atomic mass is 9.96. The molecule has 1 aliphatic rings. The molecule has 0 bridgehead atoms. The summed E-state index contributed by atoms with van der Waals surface area (Å²) in [5.74, 6) is 0.146. The van der Waals surface area contributed by atoms with Gasteiger partial charge in [0, 0.05) is 30.4 Å². The molecule has 0 radical (unpaired) electrons. The number of benzene rings is 1. The smallest absolute Gasteiger partial charge is 0.308 e. The van der Waals surface area contributed by atoms with Crippen LogP contribution in [0, 0.1) is 5.92 Å². The lowest BCUT2D eigenvalue weighted by Crippen LogP contribution is -2.09. The minimum Gasteiger partial charge on any atom is -0.426 e. The first-order valence-electron chi connectivity index (χ1n) is 6.20. The topological polar surface area (TPSA) is 52.6 Å². The number of aldehydes is 1. The van der Waals surface area contributed by atoms with Crippen molar-refractivity contribution >= 4 is 18.0 Å². The first kappa shape index (κ1) is 13.5. The van der Waals surface area contributed by atoms with Gasteiger partial charge in [-0.2, -0.15) is 0 Å². The van der Waals surface area contributed by atoms with E-state index < -0.39 is 0 Å². The van der Waals surface area contributed by atoms with Crippen LogP contribution in [0.2, 0.25) is 0 Å². The molecule has 0 amide bonds. The van der Waals surface area contributed by atoms with E-state index in [1.54, 1.807) is 0 Å². The van der Waals surface area contributed by atoms with E-state index in [0.29, 0.717) is 25.4 Å². The quantitative estimate of drug-likeness (QED) is 0.473. The van der Waals surface area contributed by atoms with Crippen molar-refractivity contribution in [1.82, 2.24) is 0 Å². The average Bonchev–Trinajstić information content (AvgIpc) is 2.85. The highest BCUT2D eigenvalue weighted by molar-refractivity contribution is 5.78. The van der Waals surface area contributed by atoms with E-state index in [1.807, 2.05) is 30.3 Å². The van der Waals surface area contributed by atoms with E-state index in [1.165, 1.54) is 6.92 Å². The minimum atomic E-state index is -0.372. The molecule has 1 aromatic rings. The Morgan fingerprint density at radius 3 is 2.79 bits per heavy atom. The summed E-state index contributed by atoms with van der Waals surface area (Å²) < 4.78 is 10.7. The Morgan fingerprint density at radius 2 is 2.16 bits per heavy atom. The van der Waals surface area contributed by atoms with Gasteiger partial charge in [0.05, 0.1) is 13.2 Å². The van der Waals surface area contributed by atoms with E-state index in [2.05, 4.69) is 0 Å². The van der Waals surface area contributed by atoms with Crippen LogP contribution in [0.5, 0.6) is 0 Å². The maximum atomic E-state index is 11.3. The second-order valence-electron chi connectivity index (χ2n) is 4.43. The molecule has 0 saturated carbocycles. The molecule has 2 rings (SSSR count). The minimum absolute atomic E-state index is 0.00736. The molecule has 19 heavy (non-hydrogen) atoms. The molecule has 100 valence electrons. The average molecular weight is 260 g/mol. The number of carbonyl (C=O) groups excluding carboxylic acids is 2. The van der Waals surface area contributed by atoms with Gasteiger partial charge >= 0.3 is 5.97 Å². The van der Waals surface area contributed by atoms with Gasteiger partial charge < -0.3 is 14.3 Å². The van der Waals surface area contributed by atoms with Crippen LogP contribution in [-0.4, -0.2) is 25.5 Å². The van der Waals surface area contributed by atoms with Gasteiger partial charge in [-0.15, -0.1) is 0 Å². The van der Waals surface area contributed by atoms with Gasteiger partial charge in [0.15, 0.2) is 0 Å². The maximum Gasteiger partial charge on any atom is 0.308 e. The van der Waals surface area contributed by atoms with Crippen molar-refractivity contribution in [1.29, 1.82) is 0 Å². The third-order valence-electron chi connectivity index (χ3n) is 3.02. The Kier molecular flexibility index (Phi) is 4.47. The van der Waals surface area contributed by atoms with Gasteiger partial charge in [0.2, 0.25) is 0 Å². The third-order valence-corrected chi connectivity index (χ3v) is 3.02.